The second-order valence-corrected chi connectivity index (χ2v) is 12.5. The molecule has 0 N–H and O–H groups in total. The molecule has 1 atom stereocenters. The number of ether oxygens (including phenoxy) is 1. The van der Waals surface area contributed by atoms with Gasteiger partial charge in [-0.3, -0.25) is 4.79 Å². The number of alkyl halides is 3. The molecular weight excluding hydrogens is 618 g/mol. The molecule has 1 aliphatic rings. The third kappa shape index (κ3) is 8.54. The van der Waals surface area contributed by atoms with Gasteiger partial charge in [0.25, 0.3) is 0 Å². The van der Waals surface area contributed by atoms with Crippen LogP contribution < -0.4 is 9.64 Å². The van der Waals surface area contributed by atoms with Crippen LogP contribution in [0.3, 0.4) is 0 Å². The Bertz CT molecular complexity index is 1670. The zero-order chi connectivity index (χ0) is 32.8. The average Bonchev–Trinajstić information content (AvgIpc) is 3.50. The van der Waals surface area contributed by atoms with E-state index in [0.717, 1.165) is 47.4 Å². The molecule has 3 aromatic carbocycles. The highest BCUT2D eigenvalue weighted by Gasteiger charge is 2.31. The summed E-state index contributed by atoms with van der Waals surface area (Å²) in [7, 11) is 0. The molecule has 0 radical (unpaired) electrons. The summed E-state index contributed by atoms with van der Waals surface area (Å²) < 4.78 is 56.7. The summed E-state index contributed by atoms with van der Waals surface area (Å²) in [5.41, 5.74) is 4.27. The largest absolute Gasteiger partial charge is 0.573 e. The molecule has 1 fully saturated rings. The van der Waals surface area contributed by atoms with Gasteiger partial charge in [0.15, 0.2) is 11.0 Å². The number of benzene rings is 3. The fourth-order valence-corrected chi connectivity index (χ4v) is 6.48. The van der Waals surface area contributed by atoms with Gasteiger partial charge in [-0.15, -0.1) is 18.3 Å². The number of rotatable bonds is 10. The van der Waals surface area contributed by atoms with Crippen LogP contribution in [0.5, 0.6) is 5.75 Å². The maximum Gasteiger partial charge on any atom is 0.573 e. The third-order valence-corrected chi connectivity index (χ3v) is 8.64. The van der Waals surface area contributed by atoms with E-state index in [1.54, 1.807) is 23.9 Å². The lowest BCUT2D eigenvalue weighted by atomic mass is 9.99. The molecule has 0 saturated carbocycles. The zero-order valence-electron chi connectivity index (χ0n) is 25.8. The number of thioether (sulfide) groups is 1. The zero-order valence-corrected chi connectivity index (χ0v) is 26.6. The van der Waals surface area contributed by atoms with Crippen molar-refractivity contribution in [1.82, 2.24) is 14.8 Å². The molecule has 242 valence electrons. The Hall–Kier alpha value is -4.19. The van der Waals surface area contributed by atoms with Crippen molar-refractivity contribution in [2.75, 3.05) is 10.7 Å². The lowest BCUT2D eigenvalue weighted by molar-refractivity contribution is -0.274. The Balaban J connectivity index is 1.14. The molecule has 0 aliphatic carbocycles. The van der Waals surface area contributed by atoms with E-state index in [4.69, 9.17) is 0 Å². The van der Waals surface area contributed by atoms with Gasteiger partial charge in [0.2, 0.25) is 5.91 Å². The Morgan fingerprint density at radius 1 is 1.07 bits per heavy atom. The minimum atomic E-state index is -4.75. The summed E-state index contributed by atoms with van der Waals surface area (Å²) in [6.07, 6.45) is 0.350. The van der Waals surface area contributed by atoms with E-state index in [-0.39, 0.29) is 29.4 Å². The maximum absolute atomic E-state index is 14.0. The monoisotopic (exact) mass is 653 g/mol. The van der Waals surface area contributed by atoms with Gasteiger partial charge in [0.05, 0.1) is 5.69 Å². The smallest absolute Gasteiger partial charge is 0.406 e. The summed E-state index contributed by atoms with van der Waals surface area (Å²) >= 11 is 1.57. The molecule has 12 heteroatoms. The van der Waals surface area contributed by atoms with Crippen LogP contribution in [-0.4, -0.2) is 44.0 Å². The van der Waals surface area contributed by atoms with E-state index in [0.29, 0.717) is 29.5 Å². The SMILES string of the molecule is CC(C)c1cc(F)ccc1N1C(=NC(=O)CCCCc2ccc(-c3ncn(-c4ccc(OC(F)(F)F)cc4)n3)cc2)SCCC1C. The molecule has 46 heavy (non-hydrogen) atoms. The topological polar surface area (TPSA) is 72.6 Å². The van der Waals surface area contributed by atoms with Crippen LogP contribution in [0.25, 0.3) is 17.1 Å². The van der Waals surface area contributed by atoms with Crippen molar-refractivity contribution in [3.8, 4) is 22.8 Å². The lowest BCUT2D eigenvalue weighted by Gasteiger charge is -2.37. The normalized spacial score (nSPS) is 16.3. The molecular formula is C34H35F4N5O2S. The standard InChI is InChI=1S/C34H35F4N5O2S/c1-22(2)29-20-26(35)12-17-30(29)43-23(3)18-19-46-33(43)40-31(44)7-5-4-6-24-8-10-25(11-9-24)32-39-21-42(41-32)27-13-15-28(16-14-27)45-34(36,37)38/h8-17,20-23H,4-7,18-19H2,1-3H3. The summed E-state index contributed by atoms with van der Waals surface area (Å²) in [6, 6.07) is 18.2. The van der Waals surface area contributed by atoms with E-state index in [1.165, 1.54) is 41.3 Å². The van der Waals surface area contributed by atoms with Crippen molar-refractivity contribution in [3.63, 3.8) is 0 Å². The fraction of sp³-hybridized carbons (Fsp3) is 0.353. The minimum absolute atomic E-state index is 0.126. The van der Waals surface area contributed by atoms with Crippen molar-refractivity contribution in [2.24, 2.45) is 4.99 Å². The highest BCUT2D eigenvalue weighted by atomic mass is 32.2. The Morgan fingerprint density at radius 3 is 2.50 bits per heavy atom. The molecule has 1 unspecified atom stereocenters. The number of carbonyl (C=O) groups excluding carboxylic acids is 1. The van der Waals surface area contributed by atoms with E-state index in [1.807, 2.05) is 38.1 Å². The van der Waals surface area contributed by atoms with Crippen molar-refractivity contribution in [1.29, 1.82) is 0 Å². The number of anilines is 1. The number of nitrogens with zero attached hydrogens (tertiary/aromatic N) is 5. The summed E-state index contributed by atoms with van der Waals surface area (Å²) in [6.45, 7) is 6.18. The van der Waals surface area contributed by atoms with Gasteiger partial charge in [-0.1, -0.05) is 49.9 Å². The number of halogens is 4. The van der Waals surface area contributed by atoms with Crippen molar-refractivity contribution < 1.29 is 27.1 Å². The van der Waals surface area contributed by atoms with Crippen molar-refractivity contribution in [2.45, 2.75) is 71.2 Å². The van der Waals surface area contributed by atoms with Gasteiger partial charge in [0.1, 0.15) is 17.9 Å². The van der Waals surface area contributed by atoms with Gasteiger partial charge >= 0.3 is 6.36 Å². The first kappa shape index (κ1) is 33.2. The third-order valence-electron chi connectivity index (χ3n) is 7.65. The molecule has 0 spiro atoms. The highest BCUT2D eigenvalue weighted by Crippen LogP contribution is 2.35. The van der Waals surface area contributed by atoms with Crippen LogP contribution in [0.15, 0.2) is 78.0 Å². The van der Waals surface area contributed by atoms with Crippen LogP contribution in [-0.2, 0) is 11.2 Å². The van der Waals surface area contributed by atoms with E-state index >= 15 is 0 Å². The highest BCUT2D eigenvalue weighted by molar-refractivity contribution is 8.14. The van der Waals surface area contributed by atoms with Gasteiger partial charge in [-0.2, -0.15) is 4.99 Å². The summed E-state index contributed by atoms with van der Waals surface area (Å²) in [5, 5.41) is 5.12. The predicted molar refractivity (Wildman–Crippen MR) is 173 cm³/mol. The molecule has 5 rings (SSSR count). The second kappa shape index (κ2) is 14.5. The first-order valence-corrected chi connectivity index (χ1v) is 16.2. The molecule has 1 aromatic heterocycles. The first-order valence-electron chi connectivity index (χ1n) is 15.2. The van der Waals surface area contributed by atoms with Crippen LogP contribution in [0.1, 0.15) is 63.5 Å². The molecule has 1 amide bonds. The van der Waals surface area contributed by atoms with Gasteiger partial charge < -0.3 is 9.64 Å². The van der Waals surface area contributed by atoms with Gasteiger partial charge in [-0.25, -0.2) is 14.1 Å². The molecule has 1 aliphatic heterocycles. The van der Waals surface area contributed by atoms with Crippen LogP contribution >= 0.6 is 11.8 Å². The summed E-state index contributed by atoms with van der Waals surface area (Å²) in [5.74, 6) is 0.747. The number of amidine groups is 1. The molecule has 0 bridgehead atoms. The van der Waals surface area contributed by atoms with E-state index < -0.39 is 6.36 Å². The van der Waals surface area contributed by atoms with E-state index in [9.17, 15) is 22.4 Å². The average molecular weight is 654 g/mol. The Morgan fingerprint density at radius 2 is 1.80 bits per heavy atom. The second-order valence-electron chi connectivity index (χ2n) is 11.5. The first-order chi connectivity index (χ1) is 22.0. The van der Waals surface area contributed by atoms with Gasteiger partial charge in [0, 0.05) is 29.5 Å². The molecule has 4 aromatic rings. The fourth-order valence-electron chi connectivity index (χ4n) is 5.25. The number of carbonyl (C=O) groups is 1. The number of aromatic nitrogens is 3. The van der Waals surface area contributed by atoms with Crippen LogP contribution in [0, 0.1) is 5.82 Å². The van der Waals surface area contributed by atoms with E-state index in [2.05, 4.69) is 31.6 Å². The number of unbranched alkanes of at least 4 members (excludes halogenated alkanes) is 1. The Kier molecular flexibility index (Phi) is 10.5. The van der Waals surface area contributed by atoms with Crippen LogP contribution in [0.4, 0.5) is 23.2 Å². The number of aryl methyl sites for hydroxylation is 1. The quantitative estimate of drug-likeness (QED) is 0.126. The number of hydrogen-bond donors (Lipinski definition) is 0. The predicted octanol–water partition coefficient (Wildman–Crippen LogP) is 8.72. The number of amides is 1. The summed E-state index contributed by atoms with van der Waals surface area (Å²) in [4.78, 5) is 23.8. The van der Waals surface area contributed by atoms with Crippen molar-refractivity contribution >= 4 is 28.5 Å². The number of hydrogen-bond acceptors (Lipinski definition) is 5. The molecule has 2 heterocycles. The van der Waals surface area contributed by atoms with Crippen LogP contribution in [0.2, 0.25) is 0 Å². The molecule has 7 nitrogen and oxygen atoms in total. The maximum atomic E-state index is 14.0. The molecule has 1 saturated heterocycles. The number of aliphatic imine (C=N–C) groups is 1. The van der Waals surface area contributed by atoms with Gasteiger partial charge in [-0.05, 0) is 92.1 Å². The van der Waals surface area contributed by atoms with Crippen molar-refractivity contribution in [3.05, 3.63) is 90.0 Å². The lowest BCUT2D eigenvalue weighted by Crippen LogP contribution is -2.42. The minimum Gasteiger partial charge on any atom is -0.406 e. The Labute approximate surface area is 269 Å².